The number of halogens is 1. The van der Waals surface area contributed by atoms with Gasteiger partial charge in [-0.2, -0.15) is 4.31 Å². The molecule has 1 aliphatic rings. The molecule has 3 aromatic carbocycles. The molecule has 0 bridgehead atoms. The second-order valence-corrected chi connectivity index (χ2v) is 12.9. The zero-order valence-corrected chi connectivity index (χ0v) is 24.5. The zero-order valence-electron chi connectivity index (χ0n) is 22.9. The Bertz CT molecular complexity index is 1410. The second-order valence-electron chi connectivity index (χ2n) is 10.4. The van der Waals surface area contributed by atoms with Crippen molar-refractivity contribution in [1.82, 2.24) is 14.5 Å². The Balaban J connectivity index is 1.66. The molecule has 9 heteroatoms. The van der Waals surface area contributed by atoms with Crippen LogP contribution >= 0.6 is 11.6 Å². The summed E-state index contributed by atoms with van der Waals surface area (Å²) in [6.45, 7) is 1.56. The molecule has 1 N–H and O–H groups in total. The Morgan fingerprint density at radius 3 is 2.25 bits per heavy atom. The number of hydrogen-bond acceptors (Lipinski definition) is 4. The number of rotatable bonds is 11. The summed E-state index contributed by atoms with van der Waals surface area (Å²) in [5.41, 5.74) is 2.58. The van der Waals surface area contributed by atoms with Gasteiger partial charge in [-0.05, 0) is 55.2 Å². The summed E-state index contributed by atoms with van der Waals surface area (Å²) in [4.78, 5) is 29.3. The Morgan fingerprint density at radius 1 is 0.950 bits per heavy atom. The van der Waals surface area contributed by atoms with Gasteiger partial charge < -0.3 is 10.2 Å². The van der Waals surface area contributed by atoms with E-state index in [1.165, 1.54) is 24.1 Å². The third-order valence-corrected chi connectivity index (χ3v) is 9.35. The van der Waals surface area contributed by atoms with Crippen LogP contribution in [-0.2, 0) is 32.6 Å². The number of sulfonamides is 1. The fourth-order valence-corrected chi connectivity index (χ4v) is 6.34. The van der Waals surface area contributed by atoms with Gasteiger partial charge in [0.15, 0.2) is 0 Å². The Kier molecular flexibility index (Phi) is 10.0. The molecule has 0 saturated heterocycles. The van der Waals surface area contributed by atoms with E-state index in [4.69, 9.17) is 11.6 Å². The first kappa shape index (κ1) is 29.8. The van der Waals surface area contributed by atoms with Gasteiger partial charge in [0, 0.05) is 31.1 Å². The standard InChI is InChI=1S/C31H36ClN3O4S/c1-23-15-17-28(18-16-23)40(38,39)34(2)22-30(36)35(21-25-11-8-12-26(32)19-25)29(20-24-9-4-3-5-10-24)31(37)33-27-13-6-7-14-27/h3-5,8-12,15-19,27,29H,6-7,13-14,20-22H2,1-2H3,(H,33,37)/t29-/m0/s1. The Hall–Kier alpha value is -3.20. The van der Waals surface area contributed by atoms with Gasteiger partial charge in [-0.25, -0.2) is 8.42 Å². The highest BCUT2D eigenvalue weighted by atomic mass is 35.5. The predicted octanol–water partition coefficient (Wildman–Crippen LogP) is 4.97. The van der Waals surface area contributed by atoms with Crippen LogP contribution in [0.5, 0.6) is 0 Å². The minimum Gasteiger partial charge on any atom is -0.352 e. The van der Waals surface area contributed by atoms with E-state index in [0.717, 1.165) is 46.7 Å². The highest BCUT2D eigenvalue weighted by Gasteiger charge is 2.34. The van der Waals surface area contributed by atoms with E-state index >= 15 is 0 Å². The first-order valence-electron chi connectivity index (χ1n) is 13.5. The van der Waals surface area contributed by atoms with Crippen molar-refractivity contribution in [3.05, 3.63) is 101 Å². The lowest BCUT2D eigenvalue weighted by atomic mass is 10.0. The molecular weight excluding hydrogens is 546 g/mol. The maximum atomic E-state index is 14.0. The molecule has 3 aromatic rings. The van der Waals surface area contributed by atoms with Crippen LogP contribution in [0.2, 0.25) is 5.02 Å². The molecule has 0 unspecified atom stereocenters. The van der Waals surface area contributed by atoms with Crippen LogP contribution in [0.15, 0.2) is 83.8 Å². The Morgan fingerprint density at radius 2 is 1.60 bits per heavy atom. The van der Waals surface area contributed by atoms with Crippen LogP contribution in [0, 0.1) is 6.92 Å². The molecule has 40 heavy (non-hydrogen) atoms. The molecule has 0 spiro atoms. The summed E-state index contributed by atoms with van der Waals surface area (Å²) in [6, 6.07) is 22.4. The molecule has 1 aliphatic carbocycles. The van der Waals surface area contributed by atoms with Crippen molar-refractivity contribution in [2.45, 2.75) is 62.6 Å². The molecule has 1 fully saturated rings. The summed E-state index contributed by atoms with van der Waals surface area (Å²) in [5.74, 6) is -0.712. The largest absolute Gasteiger partial charge is 0.352 e. The quantitative estimate of drug-likeness (QED) is 0.346. The number of nitrogens with one attached hydrogen (secondary N) is 1. The van der Waals surface area contributed by atoms with Crippen molar-refractivity contribution in [2.24, 2.45) is 0 Å². The van der Waals surface area contributed by atoms with Crippen molar-refractivity contribution in [3.8, 4) is 0 Å². The molecule has 7 nitrogen and oxygen atoms in total. The lowest BCUT2D eigenvalue weighted by molar-refractivity contribution is -0.141. The molecule has 2 amide bonds. The van der Waals surface area contributed by atoms with Crippen LogP contribution in [0.1, 0.15) is 42.4 Å². The predicted molar refractivity (Wildman–Crippen MR) is 157 cm³/mol. The Labute approximate surface area is 242 Å². The number of carbonyl (C=O) groups excluding carboxylic acids is 2. The van der Waals surface area contributed by atoms with Gasteiger partial charge in [-0.1, -0.05) is 84.6 Å². The third-order valence-electron chi connectivity index (χ3n) is 7.30. The van der Waals surface area contributed by atoms with Gasteiger partial charge in [0.25, 0.3) is 0 Å². The maximum absolute atomic E-state index is 14.0. The first-order valence-corrected chi connectivity index (χ1v) is 15.4. The van der Waals surface area contributed by atoms with E-state index in [0.29, 0.717) is 11.4 Å². The molecule has 1 saturated carbocycles. The van der Waals surface area contributed by atoms with Gasteiger partial charge in [0.1, 0.15) is 6.04 Å². The molecule has 0 radical (unpaired) electrons. The van der Waals surface area contributed by atoms with Crippen LogP contribution in [0.3, 0.4) is 0 Å². The molecule has 1 atom stereocenters. The average Bonchev–Trinajstić information content (AvgIpc) is 3.44. The maximum Gasteiger partial charge on any atom is 0.243 e. The number of benzene rings is 3. The number of hydrogen-bond donors (Lipinski definition) is 1. The van der Waals surface area contributed by atoms with Crippen molar-refractivity contribution in [2.75, 3.05) is 13.6 Å². The van der Waals surface area contributed by atoms with Crippen LogP contribution in [0.4, 0.5) is 0 Å². The highest BCUT2D eigenvalue weighted by molar-refractivity contribution is 7.89. The smallest absolute Gasteiger partial charge is 0.243 e. The van der Waals surface area contributed by atoms with Gasteiger partial charge >= 0.3 is 0 Å². The normalized spacial score (nSPS) is 14.7. The molecule has 0 aliphatic heterocycles. The van der Waals surface area contributed by atoms with E-state index in [-0.39, 0.29) is 23.4 Å². The summed E-state index contributed by atoms with van der Waals surface area (Å²) in [6.07, 6.45) is 4.22. The lowest BCUT2D eigenvalue weighted by Gasteiger charge is -2.33. The van der Waals surface area contributed by atoms with Gasteiger partial charge in [0.05, 0.1) is 11.4 Å². The van der Waals surface area contributed by atoms with E-state index in [2.05, 4.69) is 5.32 Å². The number of carbonyl (C=O) groups is 2. The molecule has 0 heterocycles. The van der Waals surface area contributed by atoms with Gasteiger partial charge in [-0.3, -0.25) is 9.59 Å². The third kappa shape index (κ3) is 7.71. The number of aryl methyl sites for hydroxylation is 1. The number of nitrogens with zero attached hydrogens (tertiary/aromatic N) is 2. The minimum absolute atomic E-state index is 0.0680. The molecule has 4 rings (SSSR count). The SMILES string of the molecule is Cc1ccc(S(=O)(=O)N(C)CC(=O)N(Cc2cccc(Cl)c2)[C@@H](Cc2ccccc2)C(=O)NC2CCCC2)cc1. The van der Waals surface area contributed by atoms with Crippen molar-refractivity contribution in [3.63, 3.8) is 0 Å². The highest BCUT2D eigenvalue weighted by Crippen LogP contribution is 2.22. The summed E-state index contributed by atoms with van der Waals surface area (Å²) in [5, 5.41) is 3.67. The fraction of sp³-hybridized carbons (Fsp3) is 0.355. The summed E-state index contributed by atoms with van der Waals surface area (Å²) >= 11 is 6.25. The van der Waals surface area contributed by atoms with Gasteiger partial charge in [-0.15, -0.1) is 0 Å². The summed E-state index contributed by atoms with van der Waals surface area (Å²) < 4.78 is 27.6. The van der Waals surface area contributed by atoms with Crippen LogP contribution in [-0.4, -0.2) is 55.1 Å². The number of amides is 2. The fourth-order valence-electron chi connectivity index (χ4n) is 5.01. The van der Waals surface area contributed by atoms with Crippen molar-refractivity contribution >= 4 is 33.4 Å². The lowest BCUT2D eigenvalue weighted by Crippen LogP contribution is -2.54. The van der Waals surface area contributed by atoms with Crippen molar-refractivity contribution in [1.29, 1.82) is 0 Å². The number of likely N-dealkylation sites (N-methyl/N-ethyl adjacent to an activating group) is 1. The molecule has 0 aromatic heterocycles. The molecular formula is C31H36ClN3O4S. The van der Waals surface area contributed by atoms with E-state index < -0.39 is 28.5 Å². The van der Waals surface area contributed by atoms with Crippen LogP contribution in [0.25, 0.3) is 0 Å². The monoisotopic (exact) mass is 581 g/mol. The minimum atomic E-state index is -3.92. The second kappa shape index (κ2) is 13.4. The zero-order chi connectivity index (χ0) is 28.7. The van der Waals surface area contributed by atoms with Gasteiger partial charge in [0.2, 0.25) is 21.8 Å². The topological polar surface area (TPSA) is 86.8 Å². The summed E-state index contributed by atoms with van der Waals surface area (Å²) in [7, 11) is -2.54. The molecule has 212 valence electrons. The van der Waals surface area contributed by atoms with E-state index in [1.54, 1.807) is 30.3 Å². The average molecular weight is 582 g/mol. The van der Waals surface area contributed by atoms with Crippen molar-refractivity contribution < 1.29 is 18.0 Å². The first-order chi connectivity index (χ1) is 19.1. The van der Waals surface area contributed by atoms with E-state index in [9.17, 15) is 18.0 Å². The van der Waals surface area contributed by atoms with E-state index in [1.807, 2.05) is 43.3 Å². The van der Waals surface area contributed by atoms with Crippen LogP contribution < -0.4 is 5.32 Å².